The van der Waals surface area contributed by atoms with Gasteiger partial charge in [0.05, 0.1) is 17.1 Å². The molecule has 17 rings (SSSR count). The van der Waals surface area contributed by atoms with Crippen LogP contribution < -0.4 is 82.8 Å². The molecule has 0 spiro atoms. The molecule has 11 aromatic rings. The zero-order valence-electron chi connectivity index (χ0n) is 44.5. The van der Waals surface area contributed by atoms with E-state index in [1.165, 1.54) is 5.46 Å². The molecule has 376 valence electrons. The zero-order chi connectivity index (χ0) is 53.1. The molecule has 80 heavy (non-hydrogen) atoms. The van der Waals surface area contributed by atoms with Crippen LogP contribution in [0, 0.1) is 27.7 Å². The summed E-state index contributed by atoms with van der Waals surface area (Å²) in [7, 11) is 0. The van der Waals surface area contributed by atoms with Gasteiger partial charge < -0.3 is 33.6 Å². The van der Waals surface area contributed by atoms with Gasteiger partial charge in [-0.3, -0.25) is 0 Å². The molecule has 0 radical (unpaired) electrons. The maximum Gasteiger partial charge on any atom is 0.260 e. The normalized spacial score (nSPS) is 13.8. The summed E-state index contributed by atoms with van der Waals surface area (Å²) in [5.41, 5.74) is 24.1. The van der Waals surface area contributed by atoms with Crippen LogP contribution in [-0.2, 0) is 0 Å². The molecule has 0 saturated heterocycles. The highest BCUT2D eigenvalue weighted by Gasteiger charge is 2.52. The van der Waals surface area contributed by atoms with Gasteiger partial charge in [-0.05, 0) is 155 Å². The monoisotopic (exact) mass is 1030 g/mol. The summed E-state index contributed by atoms with van der Waals surface area (Å²) in [6.07, 6.45) is 0. The number of aryl methyl sites for hydroxylation is 4. The minimum atomic E-state index is -0.359. The van der Waals surface area contributed by atoms with Gasteiger partial charge in [0.2, 0.25) is 0 Å². The Bertz CT molecular complexity index is 4380. The highest BCUT2D eigenvalue weighted by molar-refractivity contribution is 7.04. The highest BCUT2D eigenvalue weighted by Crippen LogP contribution is 2.53. The van der Waals surface area contributed by atoms with E-state index in [1.54, 1.807) is 0 Å². The number of benzene rings is 11. The van der Waals surface area contributed by atoms with E-state index in [1.807, 2.05) is 6.07 Å². The summed E-state index contributed by atoms with van der Waals surface area (Å²) >= 11 is 0. The van der Waals surface area contributed by atoms with Crippen LogP contribution in [0.1, 0.15) is 22.3 Å². The van der Waals surface area contributed by atoms with Crippen LogP contribution in [0.4, 0.5) is 51.2 Å². The number of para-hydroxylation sites is 7. The maximum atomic E-state index is 7.64. The lowest BCUT2D eigenvalue weighted by Gasteiger charge is -2.47. The van der Waals surface area contributed by atoms with Crippen molar-refractivity contribution in [1.29, 1.82) is 0 Å². The smallest absolute Gasteiger partial charge is 0.260 e. The third-order valence-electron chi connectivity index (χ3n) is 17.5. The van der Waals surface area contributed by atoms with E-state index in [-0.39, 0.29) is 20.1 Å². The number of nitrogens with zero attached hydrogens (tertiary/aromatic N) is 3. The summed E-state index contributed by atoms with van der Waals surface area (Å²) in [5.74, 6) is 6.60. The molecule has 7 nitrogen and oxygen atoms in total. The molecule has 0 atom stereocenters. The number of hydrogen-bond acceptors (Lipinski definition) is 7. The first-order chi connectivity index (χ1) is 39.4. The Hall–Kier alpha value is -9.79. The molecule has 10 heteroatoms. The summed E-state index contributed by atoms with van der Waals surface area (Å²) in [4.78, 5) is 7.49. The SMILES string of the molecule is Cc1cccc(C)c1N1c2cc3c(cc2B2c4c1cc(N(c1ccccc1)c1ccccc1)cc4N(c1c(C)cccc1C)c1cc4c5c(c12)Oc1ccccc1B5c1ccccc1O4)B1c2ccccc2Oc2cccc(c21)O3. The molecular weight excluding hydrogens is 979 g/mol. The van der Waals surface area contributed by atoms with E-state index in [9.17, 15) is 0 Å². The van der Waals surface area contributed by atoms with Gasteiger partial charge in [-0.15, -0.1) is 0 Å². The minimum absolute atomic E-state index is 0.137. The van der Waals surface area contributed by atoms with Crippen LogP contribution in [-0.4, -0.2) is 20.1 Å². The Morgan fingerprint density at radius 3 is 1.27 bits per heavy atom. The van der Waals surface area contributed by atoms with Gasteiger partial charge in [0, 0.05) is 57.2 Å². The molecule has 0 N–H and O–H groups in total. The van der Waals surface area contributed by atoms with E-state index in [0.29, 0.717) is 0 Å². The Morgan fingerprint density at radius 2 is 0.713 bits per heavy atom. The minimum Gasteiger partial charge on any atom is -0.459 e. The average molecular weight is 1030 g/mol. The first kappa shape index (κ1) is 45.3. The quantitative estimate of drug-likeness (QED) is 0.159. The second-order valence-corrected chi connectivity index (χ2v) is 22.0. The third-order valence-corrected chi connectivity index (χ3v) is 17.5. The van der Waals surface area contributed by atoms with Crippen LogP contribution in [0.15, 0.2) is 218 Å². The molecule has 0 aromatic heterocycles. The molecular formula is C70H48B3N3O4. The van der Waals surface area contributed by atoms with Crippen molar-refractivity contribution in [3.63, 3.8) is 0 Å². The van der Waals surface area contributed by atoms with Crippen LogP contribution in [0.3, 0.4) is 0 Å². The van der Waals surface area contributed by atoms with Gasteiger partial charge in [-0.25, -0.2) is 0 Å². The fourth-order valence-electron chi connectivity index (χ4n) is 14.3. The molecule has 0 saturated carbocycles. The van der Waals surface area contributed by atoms with Crippen LogP contribution >= 0.6 is 0 Å². The van der Waals surface area contributed by atoms with E-state index in [2.05, 4.69) is 255 Å². The van der Waals surface area contributed by atoms with Crippen molar-refractivity contribution in [1.82, 2.24) is 0 Å². The summed E-state index contributed by atoms with van der Waals surface area (Å²) in [5, 5.41) is 0. The predicted octanol–water partition coefficient (Wildman–Crippen LogP) is 11.9. The number of ether oxygens (including phenoxy) is 4. The largest absolute Gasteiger partial charge is 0.459 e. The van der Waals surface area contributed by atoms with E-state index in [4.69, 9.17) is 18.9 Å². The van der Waals surface area contributed by atoms with Crippen molar-refractivity contribution in [2.45, 2.75) is 27.7 Å². The summed E-state index contributed by atoms with van der Waals surface area (Å²) < 4.78 is 28.8. The van der Waals surface area contributed by atoms with E-state index < -0.39 is 0 Å². The van der Waals surface area contributed by atoms with Crippen molar-refractivity contribution in [2.75, 3.05) is 14.7 Å². The van der Waals surface area contributed by atoms with Crippen molar-refractivity contribution in [2.24, 2.45) is 0 Å². The van der Waals surface area contributed by atoms with Gasteiger partial charge in [0.1, 0.15) is 46.0 Å². The molecule has 6 heterocycles. The fourth-order valence-corrected chi connectivity index (χ4v) is 14.3. The van der Waals surface area contributed by atoms with Crippen LogP contribution in [0.2, 0.25) is 0 Å². The highest BCUT2D eigenvalue weighted by atomic mass is 16.5. The van der Waals surface area contributed by atoms with Gasteiger partial charge >= 0.3 is 0 Å². The molecule has 0 fully saturated rings. The van der Waals surface area contributed by atoms with Crippen LogP contribution in [0.5, 0.6) is 46.0 Å². The maximum absolute atomic E-state index is 7.64. The molecule has 0 unspecified atom stereocenters. The summed E-state index contributed by atoms with van der Waals surface area (Å²) in [6.45, 7) is 8.32. The standard InChI is InChI=1S/C70H48B3N3O4/c1-41-20-17-21-42(2)68(41)75-53-39-62-52(72-49-29-12-14-31-57(49)77-60-34-19-35-61(79-62)66(60)72)38-51(53)73-64-54(75)36-47(74(45-24-7-5-8-25-45)46-26-9-6-10-27-46)37-55(64)76(69-43(3)22-18-23-44(69)4)56-40-63-67-70(65(56)73)80-59-33-16-13-30-50(59)71(67)48-28-11-15-32-58(48)78-63/h5-40H,1-4H3. The zero-order valence-corrected chi connectivity index (χ0v) is 44.5. The van der Waals surface area contributed by atoms with Gasteiger partial charge in [-0.1, -0.05) is 140 Å². The van der Waals surface area contributed by atoms with E-state index in [0.717, 1.165) is 163 Å². The van der Waals surface area contributed by atoms with Gasteiger partial charge in [0.25, 0.3) is 20.1 Å². The van der Waals surface area contributed by atoms with E-state index >= 15 is 0 Å². The summed E-state index contributed by atoms with van der Waals surface area (Å²) in [6, 6.07) is 78.7. The second kappa shape index (κ2) is 16.9. The Kier molecular flexibility index (Phi) is 9.54. The Morgan fingerprint density at radius 1 is 0.287 bits per heavy atom. The number of anilines is 9. The average Bonchev–Trinajstić information content (AvgIpc) is 2.46. The molecule has 6 aliphatic heterocycles. The Balaban J connectivity index is 1.05. The second-order valence-electron chi connectivity index (χ2n) is 22.0. The third kappa shape index (κ3) is 6.30. The lowest BCUT2D eigenvalue weighted by atomic mass is 9.29. The van der Waals surface area contributed by atoms with Crippen LogP contribution in [0.25, 0.3) is 0 Å². The topological polar surface area (TPSA) is 46.6 Å². The van der Waals surface area contributed by atoms with Gasteiger partial charge in [0.15, 0.2) is 0 Å². The van der Waals surface area contributed by atoms with Crippen molar-refractivity contribution >= 4 is 120 Å². The molecule has 0 aliphatic carbocycles. The Labute approximate surface area is 466 Å². The lowest BCUT2D eigenvalue weighted by Crippen LogP contribution is -2.66. The molecule has 0 amide bonds. The molecule has 6 aliphatic rings. The first-order valence-electron chi connectivity index (χ1n) is 27.7. The number of hydrogen-bond donors (Lipinski definition) is 0. The molecule has 0 bridgehead atoms. The lowest BCUT2D eigenvalue weighted by molar-refractivity contribution is 0.464. The van der Waals surface area contributed by atoms with Gasteiger partial charge in [-0.2, -0.15) is 0 Å². The fraction of sp³-hybridized carbons (Fsp3) is 0.0571. The molecule has 11 aromatic carbocycles. The number of rotatable bonds is 5. The van der Waals surface area contributed by atoms with Crippen molar-refractivity contribution in [3.8, 4) is 46.0 Å². The van der Waals surface area contributed by atoms with Crippen molar-refractivity contribution < 1.29 is 18.9 Å². The number of fused-ring (bicyclic) bond motifs is 13. The van der Waals surface area contributed by atoms with Crippen molar-refractivity contribution in [3.05, 3.63) is 241 Å². The predicted molar refractivity (Wildman–Crippen MR) is 329 cm³/mol. The first-order valence-corrected chi connectivity index (χ1v) is 27.7.